The zero-order chi connectivity index (χ0) is 17.1. The number of hydrogen-bond acceptors (Lipinski definition) is 3. The van der Waals surface area contributed by atoms with E-state index in [9.17, 15) is 9.59 Å². The number of rotatable bonds is 4. The van der Waals surface area contributed by atoms with Crippen molar-refractivity contribution in [3.63, 3.8) is 0 Å². The summed E-state index contributed by atoms with van der Waals surface area (Å²) in [6.07, 6.45) is 1.25. The Morgan fingerprint density at radius 2 is 1.79 bits per heavy atom. The normalized spacial score (nSPS) is 15.5. The summed E-state index contributed by atoms with van der Waals surface area (Å²) in [6.45, 7) is 3.50. The standard InChI is InChI=1S/C19H22N2O3/c1-2-24-17-12-15-6-4-3-5-14(15)11-16(17)19(23)21-9-7-13(8-10-21)18(20)22/h3-6,11-13H,2,7-10H2,1H3,(H2,20,22). The van der Waals surface area contributed by atoms with Crippen molar-refractivity contribution in [2.24, 2.45) is 11.7 Å². The molecular formula is C19H22N2O3. The van der Waals surface area contributed by atoms with Crippen LogP contribution in [0.4, 0.5) is 0 Å². The number of primary amides is 1. The number of ether oxygens (including phenoxy) is 1. The SMILES string of the molecule is CCOc1cc2ccccc2cc1C(=O)N1CCC(C(N)=O)CC1. The minimum Gasteiger partial charge on any atom is -0.493 e. The molecule has 1 heterocycles. The van der Waals surface area contributed by atoms with E-state index in [0.717, 1.165) is 10.8 Å². The van der Waals surface area contributed by atoms with Gasteiger partial charge in [0, 0.05) is 19.0 Å². The summed E-state index contributed by atoms with van der Waals surface area (Å²) in [6, 6.07) is 11.7. The highest BCUT2D eigenvalue weighted by atomic mass is 16.5. The fourth-order valence-electron chi connectivity index (χ4n) is 3.20. The molecule has 5 nitrogen and oxygen atoms in total. The number of nitrogens with two attached hydrogens (primary N) is 1. The average Bonchev–Trinajstić information content (AvgIpc) is 2.61. The molecule has 0 radical (unpaired) electrons. The molecule has 2 N–H and O–H groups in total. The van der Waals surface area contributed by atoms with Crippen molar-refractivity contribution in [2.75, 3.05) is 19.7 Å². The lowest BCUT2D eigenvalue weighted by Crippen LogP contribution is -2.41. The second-order valence-electron chi connectivity index (χ2n) is 6.10. The summed E-state index contributed by atoms with van der Waals surface area (Å²) in [5.74, 6) is 0.158. The van der Waals surface area contributed by atoms with Gasteiger partial charge < -0.3 is 15.4 Å². The number of carbonyl (C=O) groups excluding carboxylic acids is 2. The van der Waals surface area contributed by atoms with Gasteiger partial charge in [-0.25, -0.2) is 0 Å². The molecule has 5 heteroatoms. The van der Waals surface area contributed by atoms with E-state index in [1.165, 1.54) is 0 Å². The number of hydrogen-bond donors (Lipinski definition) is 1. The maximum Gasteiger partial charge on any atom is 0.257 e. The molecule has 2 amide bonds. The van der Waals surface area contributed by atoms with Crippen molar-refractivity contribution in [2.45, 2.75) is 19.8 Å². The second-order valence-corrected chi connectivity index (χ2v) is 6.10. The van der Waals surface area contributed by atoms with Gasteiger partial charge in [0.25, 0.3) is 5.91 Å². The lowest BCUT2D eigenvalue weighted by atomic mass is 9.95. The highest BCUT2D eigenvalue weighted by Gasteiger charge is 2.28. The van der Waals surface area contributed by atoms with Crippen LogP contribution in [0.25, 0.3) is 10.8 Å². The quantitative estimate of drug-likeness (QED) is 0.938. The van der Waals surface area contributed by atoms with Gasteiger partial charge in [-0.2, -0.15) is 0 Å². The maximum atomic E-state index is 12.9. The predicted molar refractivity (Wildman–Crippen MR) is 92.9 cm³/mol. The van der Waals surface area contributed by atoms with Gasteiger partial charge in [0.1, 0.15) is 5.75 Å². The van der Waals surface area contributed by atoms with Gasteiger partial charge in [0.2, 0.25) is 5.91 Å². The van der Waals surface area contributed by atoms with Crippen LogP contribution in [0.2, 0.25) is 0 Å². The van der Waals surface area contributed by atoms with Crippen LogP contribution in [0.1, 0.15) is 30.1 Å². The van der Waals surface area contributed by atoms with Crippen molar-refractivity contribution in [3.8, 4) is 5.75 Å². The summed E-state index contributed by atoms with van der Waals surface area (Å²) in [7, 11) is 0. The third-order valence-electron chi connectivity index (χ3n) is 4.56. The number of nitrogens with zero attached hydrogens (tertiary/aromatic N) is 1. The minimum absolute atomic E-state index is 0.0490. The minimum atomic E-state index is -0.275. The Labute approximate surface area is 141 Å². The monoisotopic (exact) mass is 326 g/mol. The van der Waals surface area contributed by atoms with Gasteiger partial charge >= 0.3 is 0 Å². The molecule has 0 atom stereocenters. The van der Waals surface area contributed by atoms with E-state index in [1.807, 2.05) is 43.3 Å². The first-order valence-electron chi connectivity index (χ1n) is 8.34. The van der Waals surface area contributed by atoms with Crippen LogP contribution in [0.3, 0.4) is 0 Å². The average molecular weight is 326 g/mol. The molecule has 2 aromatic rings. The van der Waals surface area contributed by atoms with Gasteiger partial charge in [0.05, 0.1) is 12.2 Å². The van der Waals surface area contributed by atoms with Crippen LogP contribution in [0.5, 0.6) is 5.75 Å². The molecule has 24 heavy (non-hydrogen) atoms. The van der Waals surface area contributed by atoms with E-state index < -0.39 is 0 Å². The first-order chi connectivity index (χ1) is 11.6. The Bertz CT molecular complexity index is 764. The zero-order valence-corrected chi connectivity index (χ0v) is 13.8. The molecule has 0 saturated carbocycles. The Morgan fingerprint density at radius 1 is 1.17 bits per heavy atom. The molecule has 0 bridgehead atoms. The van der Waals surface area contributed by atoms with E-state index in [2.05, 4.69) is 0 Å². The zero-order valence-electron chi connectivity index (χ0n) is 13.8. The molecule has 1 saturated heterocycles. The van der Waals surface area contributed by atoms with E-state index in [-0.39, 0.29) is 17.7 Å². The lowest BCUT2D eigenvalue weighted by Gasteiger charge is -2.31. The van der Waals surface area contributed by atoms with Crippen molar-refractivity contribution in [1.82, 2.24) is 4.90 Å². The molecule has 1 fully saturated rings. The van der Waals surface area contributed by atoms with Gasteiger partial charge in [0.15, 0.2) is 0 Å². The molecule has 0 aromatic heterocycles. The molecule has 3 rings (SSSR count). The van der Waals surface area contributed by atoms with E-state index >= 15 is 0 Å². The topological polar surface area (TPSA) is 72.6 Å². The fraction of sp³-hybridized carbons (Fsp3) is 0.368. The highest BCUT2D eigenvalue weighted by Crippen LogP contribution is 2.29. The van der Waals surface area contributed by atoms with Crippen molar-refractivity contribution >= 4 is 22.6 Å². The van der Waals surface area contributed by atoms with Gasteiger partial charge in [-0.15, -0.1) is 0 Å². The van der Waals surface area contributed by atoms with Gasteiger partial charge in [-0.3, -0.25) is 9.59 Å². The summed E-state index contributed by atoms with van der Waals surface area (Å²) >= 11 is 0. The Hall–Kier alpha value is -2.56. The summed E-state index contributed by atoms with van der Waals surface area (Å²) in [5, 5.41) is 2.06. The molecule has 0 unspecified atom stereocenters. The van der Waals surface area contributed by atoms with Crippen LogP contribution in [0, 0.1) is 5.92 Å². The predicted octanol–water partition coefficient (Wildman–Crippen LogP) is 2.58. The first kappa shape index (κ1) is 16.3. The van der Waals surface area contributed by atoms with Crippen molar-refractivity contribution in [1.29, 1.82) is 0 Å². The van der Waals surface area contributed by atoms with Crippen LogP contribution in [-0.4, -0.2) is 36.4 Å². The van der Waals surface area contributed by atoms with E-state index in [1.54, 1.807) is 4.90 Å². The number of fused-ring (bicyclic) bond motifs is 1. The third kappa shape index (κ3) is 3.20. The van der Waals surface area contributed by atoms with Gasteiger partial charge in [-0.1, -0.05) is 24.3 Å². The molecule has 1 aliphatic rings. The summed E-state index contributed by atoms with van der Waals surface area (Å²) < 4.78 is 5.69. The molecule has 126 valence electrons. The largest absolute Gasteiger partial charge is 0.493 e. The third-order valence-corrected chi connectivity index (χ3v) is 4.56. The number of piperidine rings is 1. The summed E-state index contributed by atoms with van der Waals surface area (Å²) in [4.78, 5) is 26.0. The maximum absolute atomic E-state index is 12.9. The summed E-state index contributed by atoms with van der Waals surface area (Å²) in [5.41, 5.74) is 5.94. The fourth-order valence-corrected chi connectivity index (χ4v) is 3.20. The molecule has 0 spiro atoms. The van der Waals surface area contributed by atoms with Crippen LogP contribution in [-0.2, 0) is 4.79 Å². The van der Waals surface area contributed by atoms with E-state index in [4.69, 9.17) is 10.5 Å². The smallest absolute Gasteiger partial charge is 0.257 e. The number of carbonyl (C=O) groups is 2. The molecular weight excluding hydrogens is 304 g/mol. The van der Waals surface area contributed by atoms with Crippen molar-refractivity contribution in [3.05, 3.63) is 42.0 Å². The van der Waals surface area contributed by atoms with Crippen molar-refractivity contribution < 1.29 is 14.3 Å². The lowest BCUT2D eigenvalue weighted by molar-refractivity contribution is -0.123. The number of amides is 2. The Morgan fingerprint density at radius 3 is 2.38 bits per heavy atom. The van der Waals surface area contributed by atoms with E-state index in [0.29, 0.717) is 43.9 Å². The van der Waals surface area contributed by atoms with Gasteiger partial charge in [-0.05, 0) is 42.7 Å². The van der Waals surface area contributed by atoms with Crippen LogP contribution >= 0.6 is 0 Å². The molecule has 1 aliphatic heterocycles. The Kier molecular flexibility index (Phi) is 4.69. The van der Waals surface area contributed by atoms with Crippen LogP contribution < -0.4 is 10.5 Å². The number of benzene rings is 2. The first-order valence-corrected chi connectivity index (χ1v) is 8.34. The number of likely N-dealkylation sites (tertiary alicyclic amines) is 1. The molecule has 0 aliphatic carbocycles. The molecule has 2 aromatic carbocycles. The van der Waals surface area contributed by atoms with Crippen LogP contribution in [0.15, 0.2) is 36.4 Å². The second kappa shape index (κ2) is 6.91. The Balaban J connectivity index is 1.88. The highest BCUT2D eigenvalue weighted by molar-refractivity contribution is 6.01.